The third-order valence-corrected chi connectivity index (χ3v) is 7.14. The molecule has 0 aliphatic carbocycles. The highest BCUT2D eigenvalue weighted by atomic mass is 32.2. The number of thiophene rings is 1. The Hall–Kier alpha value is -1.47. The molecule has 0 spiro atoms. The number of rotatable bonds is 11. The van der Waals surface area contributed by atoms with E-state index in [1.807, 2.05) is 31.2 Å². The molecule has 3 aromatic rings. The number of hydrogen-bond acceptors (Lipinski definition) is 9. The molecule has 0 saturated carbocycles. The van der Waals surface area contributed by atoms with E-state index in [0.717, 1.165) is 79.7 Å². The van der Waals surface area contributed by atoms with Crippen molar-refractivity contribution in [1.82, 2.24) is 0 Å². The molecule has 0 fully saturated rings. The van der Waals surface area contributed by atoms with Gasteiger partial charge >= 0.3 is 0 Å². The summed E-state index contributed by atoms with van der Waals surface area (Å²) in [5.41, 5.74) is 2.99. The van der Waals surface area contributed by atoms with Crippen LogP contribution in [0.4, 0.5) is 0 Å². The first-order valence-corrected chi connectivity index (χ1v) is 11.5. The van der Waals surface area contributed by atoms with Gasteiger partial charge in [0.25, 0.3) is 0 Å². The fraction of sp³-hybridized carbons (Fsp3) is 0.250. The molecule has 0 saturated heterocycles. The van der Waals surface area contributed by atoms with E-state index in [1.54, 1.807) is 11.3 Å². The molecule has 7 nitrogen and oxygen atoms in total. The second-order valence-electron chi connectivity index (χ2n) is 6.41. The van der Waals surface area contributed by atoms with Crippen LogP contribution >= 0.6 is 35.4 Å². The minimum Gasteiger partial charge on any atom is -0.220 e. The maximum Gasteiger partial charge on any atom is 0.169 e. The van der Waals surface area contributed by atoms with Gasteiger partial charge in [-0.1, -0.05) is 35.6 Å². The number of aromatic nitrogens is 1. The van der Waals surface area contributed by atoms with Gasteiger partial charge in [-0.25, -0.2) is 15.1 Å². The fourth-order valence-electron chi connectivity index (χ4n) is 2.83. The Kier molecular flexibility index (Phi) is 9.12. The molecule has 0 bridgehead atoms. The molecule has 0 aliphatic rings. The van der Waals surface area contributed by atoms with Gasteiger partial charge in [-0.15, -0.1) is 20.0 Å². The van der Waals surface area contributed by atoms with Crippen LogP contribution in [-0.4, -0.2) is 10.5 Å². The summed E-state index contributed by atoms with van der Waals surface area (Å²) >= 11 is 3.45. The van der Waals surface area contributed by atoms with E-state index in [1.165, 1.54) is 0 Å². The maximum absolute atomic E-state index is 8.59. The fourth-order valence-corrected chi connectivity index (χ4v) is 5.12. The molecule has 10 heteroatoms. The summed E-state index contributed by atoms with van der Waals surface area (Å²) in [6.45, 7) is 5.11. The van der Waals surface area contributed by atoms with E-state index in [-0.39, 0.29) is 0 Å². The molecule has 2 aromatic heterocycles. The molecule has 0 radical (unpaired) electrons. The van der Waals surface area contributed by atoms with Crippen molar-refractivity contribution in [2.24, 2.45) is 0 Å². The van der Waals surface area contributed by atoms with E-state index in [4.69, 9.17) is 14.8 Å². The van der Waals surface area contributed by atoms with Gasteiger partial charge in [-0.05, 0) is 30.2 Å². The van der Waals surface area contributed by atoms with Crippen LogP contribution < -0.4 is 4.57 Å². The lowest BCUT2D eigenvalue weighted by Gasteiger charge is -2.07. The number of nitrogens with zero attached hydrogens (tertiary/aromatic N) is 1. The summed E-state index contributed by atoms with van der Waals surface area (Å²) in [5.74, 6) is 0. The monoisotopic (exact) mass is 468 g/mol. The Morgan fingerprint density at radius 2 is 1.63 bits per heavy atom. The first kappa shape index (κ1) is 23.2. The topological polar surface area (TPSA) is 81.3 Å². The first-order chi connectivity index (χ1) is 14.7. The Balaban J connectivity index is 1.93. The van der Waals surface area contributed by atoms with Crippen molar-refractivity contribution in [3.63, 3.8) is 0 Å². The maximum atomic E-state index is 8.59. The molecule has 2 heterocycles. The van der Waals surface area contributed by atoms with E-state index < -0.39 is 0 Å². The van der Waals surface area contributed by atoms with E-state index in [9.17, 15) is 0 Å². The van der Waals surface area contributed by atoms with Gasteiger partial charge in [0.1, 0.15) is 6.54 Å². The van der Waals surface area contributed by atoms with Crippen LogP contribution in [0.2, 0.25) is 0 Å². The van der Waals surface area contributed by atoms with E-state index in [2.05, 4.69) is 50.4 Å². The van der Waals surface area contributed by atoms with Gasteiger partial charge in [-0.2, -0.15) is 0 Å². The molecule has 0 aliphatic heterocycles. The number of unbranched alkanes of at least 4 members (excludes halogenated alkanes) is 1. The van der Waals surface area contributed by atoms with Crippen LogP contribution in [0.5, 0.6) is 0 Å². The smallest absolute Gasteiger partial charge is 0.169 e. The van der Waals surface area contributed by atoms with Crippen molar-refractivity contribution in [2.75, 3.05) is 0 Å². The molecule has 0 unspecified atom stereocenters. The highest BCUT2D eigenvalue weighted by molar-refractivity contribution is 7.95. The predicted octanol–water partition coefficient (Wildman–Crippen LogP) is 6.33. The molecule has 0 atom stereocenters. The normalized spacial score (nSPS) is 11.2. The lowest BCUT2D eigenvalue weighted by Crippen LogP contribution is -2.32. The molecule has 30 heavy (non-hydrogen) atoms. The van der Waals surface area contributed by atoms with Crippen LogP contribution in [0.25, 0.3) is 20.9 Å². The number of hydrogen-bond donors (Lipinski definition) is 2. The third-order valence-electron chi connectivity index (χ3n) is 4.40. The highest BCUT2D eigenvalue weighted by Crippen LogP contribution is 2.44. The largest absolute Gasteiger partial charge is 0.220 e. The van der Waals surface area contributed by atoms with Crippen molar-refractivity contribution in [3.8, 4) is 20.9 Å². The quantitative estimate of drug-likeness (QED) is 0.146. The summed E-state index contributed by atoms with van der Waals surface area (Å²) in [4.78, 5) is 3.59. The van der Waals surface area contributed by atoms with Crippen molar-refractivity contribution < 1.29 is 33.8 Å². The second-order valence-corrected chi connectivity index (χ2v) is 8.95. The standard InChI is InChI=1S/C20H21NO6S3/c1-3-4-9-21-10-7-15(8-11-21)18-13-19(30-27-25-23)20(28-18)16-6-5-14(2)17(12-16)29-26-24-22/h5-8,10-13H,3-4,9H2,1-2H3,(H-,22,23)/p+1. The molecular weight excluding hydrogens is 446 g/mol. The summed E-state index contributed by atoms with van der Waals surface area (Å²) in [7, 11) is 0. The van der Waals surface area contributed by atoms with E-state index >= 15 is 0 Å². The van der Waals surface area contributed by atoms with Crippen molar-refractivity contribution in [2.45, 2.75) is 43.0 Å². The van der Waals surface area contributed by atoms with Crippen LogP contribution in [-0.2, 0) is 25.3 Å². The molecule has 2 N–H and O–H groups in total. The summed E-state index contributed by atoms with van der Waals surface area (Å²) in [6.07, 6.45) is 6.46. The Morgan fingerprint density at radius 3 is 2.30 bits per heavy atom. The Bertz CT molecular complexity index is 948. The van der Waals surface area contributed by atoms with Crippen molar-refractivity contribution in [1.29, 1.82) is 0 Å². The molecule has 160 valence electrons. The third kappa shape index (κ3) is 6.03. The number of pyridine rings is 1. The average Bonchev–Trinajstić information content (AvgIpc) is 3.20. The lowest BCUT2D eigenvalue weighted by atomic mass is 10.1. The van der Waals surface area contributed by atoms with Crippen LogP contribution in [0.15, 0.2) is 58.6 Å². The van der Waals surface area contributed by atoms with Gasteiger partial charge in [0, 0.05) is 33.9 Å². The predicted molar refractivity (Wildman–Crippen MR) is 116 cm³/mol. The van der Waals surface area contributed by atoms with Gasteiger partial charge in [0.2, 0.25) is 0 Å². The minimum atomic E-state index is 0.795. The average molecular weight is 469 g/mol. The Morgan fingerprint density at radius 1 is 0.933 bits per heavy atom. The number of aryl methyl sites for hydroxylation is 2. The molecule has 3 rings (SSSR count). The highest BCUT2D eigenvalue weighted by Gasteiger charge is 2.16. The number of benzene rings is 1. The van der Waals surface area contributed by atoms with Crippen molar-refractivity contribution in [3.05, 3.63) is 54.4 Å². The summed E-state index contributed by atoms with van der Waals surface area (Å²) < 4.78 is 11.5. The van der Waals surface area contributed by atoms with Gasteiger partial charge in [-0.3, -0.25) is 0 Å². The summed E-state index contributed by atoms with van der Waals surface area (Å²) in [6, 6.07) is 12.0. The van der Waals surface area contributed by atoms with Crippen LogP contribution in [0, 0.1) is 6.92 Å². The minimum absolute atomic E-state index is 0.795. The zero-order valence-electron chi connectivity index (χ0n) is 16.4. The second kappa shape index (κ2) is 11.8. The van der Waals surface area contributed by atoms with Gasteiger partial charge in [0.05, 0.1) is 33.9 Å². The molecule has 1 aromatic carbocycles. The van der Waals surface area contributed by atoms with Crippen LogP contribution in [0.3, 0.4) is 0 Å². The van der Waals surface area contributed by atoms with Gasteiger partial charge < -0.3 is 0 Å². The van der Waals surface area contributed by atoms with Crippen molar-refractivity contribution >= 4 is 35.4 Å². The first-order valence-electron chi connectivity index (χ1n) is 9.20. The lowest BCUT2D eigenvalue weighted by molar-refractivity contribution is -0.697. The Labute approximate surface area is 187 Å². The zero-order chi connectivity index (χ0) is 21.3. The molecular formula is C20H22NO6S3+. The van der Waals surface area contributed by atoms with Gasteiger partial charge in [0.15, 0.2) is 12.4 Å². The summed E-state index contributed by atoms with van der Waals surface area (Å²) in [5, 5.41) is 24.5. The van der Waals surface area contributed by atoms with Crippen LogP contribution in [0.1, 0.15) is 25.3 Å². The van der Waals surface area contributed by atoms with E-state index in [0.29, 0.717) is 0 Å². The molecule has 0 amide bonds. The zero-order valence-corrected chi connectivity index (χ0v) is 18.9. The SMILES string of the molecule is CCCC[n+]1ccc(-c2cc(SOOO)c(-c3ccc(C)c(SOOO)c3)s2)cc1.